The Bertz CT molecular complexity index is 1400. The van der Waals surface area contributed by atoms with Gasteiger partial charge in [0, 0.05) is 28.2 Å². The molecule has 0 aromatic carbocycles. The van der Waals surface area contributed by atoms with E-state index in [-0.39, 0.29) is 12.8 Å². The van der Waals surface area contributed by atoms with Gasteiger partial charge in [0.05, 0.1) is 37.4 Å². The lowest BCUT2D eigenvalue weighted by molar-refractivity contribution is -0.307. The van der Waals surface area contributed by atoms with Crippen molar-refractivity contribution >= 4 is 23.7 Å². The van der Waals surface area contributed by atoms with E-state index in [0.717, 1.165) is 0 Å². The first-order chi connectivity index (χ1) is 20.0. The van der Waals surface area contributed by atoms with Gasteiger partial charge in [-0.3, -0.25) is 14.4 Å². The van der Waals surface area contributed by atoms with Crippen LogP contribution in [-0.2, 0) is 42.9 Å². The van der Waals surface area contributed by atoms with Gasteiger partial charge in [-0.15, -0.1) is 0 Å². The molecular formula is C32H40O11. The minimum absolute atomic E-state index is 0.204. The first-order valence-corrected chi connectivity index (χ1v) is 14.9. The fourth-order valence-corrected chi connectivity index (χ4v) is 9.14. The molecule has 43 heavy (non-hydrogen) atoms. The monoisotopic (exact) mass is 600 g/mol. The van der Waals surface area contributed by atoms with Gasteiger partial charge in [-0.2, -0.15) is 0 Å². The molecule has 2 unspecified atom stereocenters. The van der Waals surface area contributed by atoms with Crippen molar-refractivity contribution in [2.75, 3.05) is 7.11 Å². The number of cyclic esters (lactones) is 1. The van der Waals surface area contributed by atoms with E-state index in [2.05, 4.69) is 6.58 Å². The molecule has 2 aliphatic carbocycles. The molecule has 11 heteroatoms. The van der Waals surface area contributed by atoms with Crippen LogP contribution in [0.25, 0.3) is 0 Å². The van der Waals surface area contributed by atoms with Crippen molar-refractivity contribution in [3.63, 3.8) is 0 Å². The Labute approximate surface area is 250 Å². The van der Waals surface area contributed by atoms with Gasteiger partial charge in [-0.25, -0.2) is 4.79 Å². The molecule has 3 saturated heterocycles. The third-order valence-electron chi connectivity index (χ3n) is 11.6. The first kappa shape index (κ1) is 30.0. The zero-order chi connectivity index (χ0) is 31.5. The Morgan fingerprint density at radius 1 is 1.16 bits per heavy atom. The van der Waals surface area contributed by atoms with Crippen LogP contribution in [0, 0.1) is 34.0 Å². The van der Waals surface area contributed by atoms with Crippen LogP contribution in [0.5, 0.6) is 0 Å². The maximum Gasteiger partial charge on any atom is 0.335 e. The minimum Gasteiger partial charge on any atom is -0.472 e. The van der Waals surface area contributed by atoms with Gasteiger partial charge < -0.3 is 33.2 Å². The van der Waals surface area contributed by atoms with Crippen LogP contribution in [-0.4, -0.2) is 65.6 Å². The third-order valence-corrected chi connectivity index (χ3v) is 11.6. The predicted molar refractivity (Wildman–Crippen MR) is 147 cm³/mol. The van der Waals surface area contributed by atoms with E-state index in [1.807, 2.05) is 13.8 Å². The Hall–Kier alpha value is -3.02. The Balaban J connectivity index is 1.57. The van der Waals surface area contributed by atoms with E-state index in [0.29, 0.717) is 17.6 Å². The number of Topliss-reactive ketones (excluding diaryl/α,β-unsaturated/α-hetero) is 1. The van der Waals surface area contributed by atoms with E-state index in [9.17, 15) is 24.3 Å². The molecule has 4 heterocycles. The van der Waals surface area contributed by atoms with Crippen LogP contribution < -0.4 is 0 Å². The van der Waals surface area contributed by atoms with E-state index in [1.54, 1.807) is 33.8 Å². The van der Waals surface area contributed by atoms with E-state index in [4.69, 9.17) is 28.1 Å². The number of carbonyl (C=O) groups excluding carboxylic acids is 4. The number of esters is 3. The van der Waals surface area contributed by atoms with Crippen molar-refractivity contribution in [1.29, 1.82) is 0 Å². The summed E-state index contributed by atoms with van der Waals surface area (Å²) in [6.45, 7) is 14.9. The van der Waals surface area contributed by atoms with Crippen LogP contribution in [0.15, 0.2) is 35.2 Å². The Kier molecular flexibility index (Phi) is 6.46. The summed E-state index contributed by atoms with van der Waals surface area (Å²) in [6, 6.07) is 1.69. The van der Waals surface area contributed by atoms with Crippen LogP contribution >= 0.6 is 0 Å². The molecule has 11 nitrogen and oxygen atoms in total. The van der Waals surface area contributed by atoms with Crippen molar-refractivity contribution in [3.05, 3.63) is 36.3 Å². The van der Waals surface area contributed by atoms with Crippen LogP contribution in [0.4, 0.5) is 0 Å². The predicted octanol–water partition coefficient (Wildman–Crippen LogP) is 3.44. The van der Waals surface area contributed by atoms with Crippen LogP contribution in [0.3, 0.4) is 0 Å². The Morgan fingerprint density at radius 2 is 1.86 bits per heavy atom. The molecule has 1 spiro atoms. The highest BCUT2D eigenvalue weighted by atomic mass is 16.7. The van der Waals surface area contributed by atoms with Crippen molar-refractivity contribution in [2.24, 2.45) is 34.0 Å². The maximum atomic E-state index is 14.7. The summed E-state index contributed by atoms with van der Waals surface area (Å²) in [5.74, 6) is -6.84. The molecule has 2 bridgehead atoms. The first-order valence-electron chi connectivity index (χ1n) is 14.9. The van der Waals surface area contributed by atoms with Crippen LogP contribution in [0.2, 0.25) is 0 Å². The SMILES string of the molecule is C=C1[C@@H]2C[C@@]3(C)[C@H](c4ccoc4)OC(=O)C[C@]13O[C@H]1C(=O)C(OC(=O)C(C)CC)C(C)(C)[C@@H]3[C@H](C(=O)OC)O[C@]2(O)[C@@]13C. The molecule has 3 aliphatic heterocycles. The molecule has 2 saturated carbocycles. The van der Waals surface area contributed by atoms with Gasteiger partial charge in [-0.1, -0.05) is 48.1 Å². The lowest BCUT2D eigenvalue weighted by atomic mass is 9.49. The molecule has 6 rings (SSSR count). The number of aliphatic hydroxyl groups is 1. The lowest BCUT2D eigenvalue weighted by Crippen LogP contribution is -2.71. The number of methoxy groups -OCH3 is 1. The number of ether oxygens (including phenoxy) is 5. The second kappa shape index (κ2) is 9.25. The highest BCUT2D eigenvalue weighted by molar-refractivity contribution is 5.93. The van der Waals surface area contributed by atoms with Crippen molar-refractivity contribution in [1.82, 2.24) is 0 Å². The second-order valence-electron chi connectivity index (χ2n) is 14.0. The number of carbonyl (C=O) groups is 4. The molecule has 0 amide bonds. The van der Waals surface area contributed by atoms with Crippen LogP contribution in [0.1, 0.15) is 72.5 Å². The van der Waals surface area contributed by atoms with Crippen molar-refractivity contribution in [2.45, 2.75) is 96.6 Å². The van der Waals surface area contributed by atoms with Gasteiger partial charge in [0.1, 0.15) is 17.8 Å². The fourth-order valence-electron chi connectivity index (χ4n) is 9.14. The zero-order valence-corrected chi connectivity index (χ0v) is 25.6. The summed E-state index contributed by atoms with van der Waals surface area (Å²) in [5, 5.41) is 12.8. The summed E-state index contributed by atoms with van der Waals surface area (Å²) in [5.41, 5.74) is -4.25. The van der Waals surface area contributed by atoms with Gasteiger partial charge in [0.25, 0.3) is 0 Å². The topological polar surface area (TPSA) is 148 Å². The van der Waals surface area contributed by atoms with Gasteiger partial charge in [0.15, 0.2) is 18.0 Å². The largest absolute Gasteiger partial charge is 0.472 e. The number of hydrogen-bond donors (Lipinski definition) is 1. The molecule has 5 fully saturated rings. The quantitative estimate of drug-likeness (QED) is 0.301. The minimum atomic E-state index is -2.15. The summed E-state index contributed by atoms with van der Waals surface area (Å²) in [6.07, 6.45) is -1.58. The highest BCUT2D eigenvalue weighted by Gasteiger charge is 2.85. The maximum absolute atomic E-state index is 14.7. The molecule has 234 valence electrons. The van der Waals surface area contributed by atoms with E-state index < -0.39 is 93.5 Å². The summed E-state index contributed by atoms with van der Waals surface area (Å²) in [4.78, 5) is 54.4. The van der Waals surface area contributed by atoms with Gasteiger partial charge in [0.2, 0.25) is 5.78 Å². The third kappa shape index (κ3) is 3.47. The van der Waals surface area contributed by atoms with Gasteiger partial charge in [-0.05, 0) is 24.5 Å². The average molecular weight is 601 g/mol. The second-order valence-corrected chi connectivity index (χ2v) is 14.0. The Morgan fingerprint density at radius 3 is 2.47 bits per heavy atom. The standard InChI is InChI=1S/C32H40O11/c1-9-15(2)26(35)41-24-20(34)25-30(7)22(28(24,4)5)21(27(36)38-8)42-32(30,37)18-12-29(6)23(17-10-11-39-14-17)40-19(33)13-31(29,43-25)16(18)3/h10-11,14-15,18,21-25,37H,3,9,12-13H2,1-2,4-8H3/t15?,18-,21+,22-,23-,24?,25-,29-,30+,31-,32-/m0/s1. The molecule has 1 aromatic heterocycles. The smallest absolute Gasteiger partial charge is 0.335 e. The molecule has 5 aliphatic rings. The lowest BCUT2D eigenvalue weighted by Gasteiger charge is -2.59. The average Bonchev–Trinajstić information content (AvgIpc) is 3.62. The van der Waals surface area contributed by atoms with E-state index >= 15 is 0 Å². The van der Waals surface area contributed by atoms with E-state index in [1.165, 1.54) is 19.6 Å². The molecule has 1 aromatic rings. The van der Waals surface area contributed by atoms with Crippen molar-refractivity contribution < 1.29 is 52.4 Å². The normalized spacial score (nSPS) is 45.0. The fraction of sp³-hybridized carbons (Fsp3) is 0.688. The highest BCUT2D eigenvalue weighted by Crippen LogP contribution is 2.75. The summed E-state index contributed by atoms with van der Waals surface area (Å²) >= 11 is 0. The molecule has 11 atom stereocenters. The number of ketones is 1. The van der Waals surface area contributed by atoms with Crippen molar-refractivity contribution in [3.8, 4) is 0 Å². The molecule has 1 N–H and O–H groups in total. The summed E-state index contributed by atoms with van der Waals surface area (Å²) < 4.78 is 35.7. The number of fused-ring (bicyclic) bond motifs is 2. The zero-order valence-electron chi connectivity index (χ0n) is 25.6. The molecule has 0 radical (unpaired) electrons. The molecular weight excluding hydrogens is 560 g/mol. The number of hydrogen-bond acceptors (Lipinski definition) is 11. The number of rotatable bonds is 5. The number of furan rings is 1. The van der Waals surface area contributed by atoms with Gasteiger partial charge >= 0.3 is 17.9 Å². The summed E-state index contributed by atoms with van der Waals surface area (Å²) in [7, 11) is 1.22.